The van der Waals surface area contributed by atoms with Crippen LogP contribution in [0.25, 0.3) is 6.08 Å². The van der Waals surface area contributed by atoms with E-state index in [0.717, 1.165) is 25.7 Å². The van der Waals surface area contributed by atoms with Crippen LogP contribution in [-0.2, 0) is 9.59 Å². The monoisotopic (exact) mass is 695 g/mol. The molecule has 0 aliphatic heterocycles. The van der Waals surface area contributed by atoms with Crippen molar-refractivity contribution in [1.29, 1.82) is 0 Å². The van der Waals surface area contributed by atoms with Gasteiger partial charge in [0.2, 0.25) is 0 Å². The van der Waals surface area contributed by atoms with Gasteiger partial charge in [-0.3, -0.25) is 0 Å². The SMILES string of the molecule is C=Cc1ccccc1.CCCCCCCCCCCCCCCCCC(=O)[O-].CCCCCCCCCCCCCCCCCC(=O)[O-].[Mg+2]. The van der Waals surface area contributed by atoms with Gasteiger partial charge in [0.1, 0.15) is 0 Å². The van der Waals surface area contributed by atoms with Gasteiger partial charge in [0.25, 0.3) is 0 Å². The molecule has 0 saturated carbocycles. The van der Waals surface area contributed by atoms with Crippen LogP contribution in [-0.4, -0.2) is 35.0 Å². The van der Waals surface area contributed by atoms with Crippen LogP contribution < -0.4 is 10.2 Å². The predicted octanol–water partition coefficient (Wildman–Crippen LogP) is 11.9. The Balaban J connectivity index is -0.000000693. The van der Waals surface area contributed by atoms with E-state index in [9.17, 15) is 19.8 Å². The van der Waals surface area contributed by atoms with Gasteiger partial charge in [-0.2, -0.15) is 0 Å². The van der Waals surface area contributed by atoms with Gasteiger partial charge in [0.15, 0.2) is 0 Å². The predicted molar refractivity (Wildman–Crippen MR) is 211 cm³/mol. The van der Waals surface area contributed by atoms with Gasteiger partial charge >= 0.3 is 23.1 Å². The van der Waals surface area contributed by atoms with Crippen LogP contribution in [0.4, 0.5) is 0 Å². The van der Waals surface area contributed by atoms with Crippen molar-refractivity contribution >= 4 is 41.1 Å². The van der Waals surface area contributed by atoms with Crippen LogP contribution in [0.5, 0.6) is 0 Å². The third-order valence-corrected chi connectivity index (χ3v) is 9.00. The Hall–Kier alpha value is -1.33. The molecule has 280 valence electrons. The summed E-state index contributed by atoms with van der Waals surface area (Å²) in [5.74, 6) is -1.81. The summed E-state index contributed by atoms with van der Waals surface area (Å²) in [4.78, 5) is 20.4. The van der Waals surface area contributed by atoms with E-state index in [-0.39, 0.29) is 35.9 Å². The number of rotatable bonds is 33. The smallest absolute Gasteiger partial charge is 0.550 e. The summed E-state index contributed by atoms with van der Waals surface area (Å²) in [7, 11) is 0. The minimum Gasteiger partial charge on any atom is -0.550 e. The molecule has 0 spiro atoms. The molecule has 4 nitrogen and oxygen atoms in total. The number of hydrogen-bond acceptors (Lipinski definition) is 4. The maximum Gasteiger partial charge on any atom is 2.00 e. The van der Waals surface area contributed by atoms with E-state index in [1.807, 2.05) is 36.4 Å². The third-order valence-electron chi connectivity index (χ3n) is 9.00. The van der Waals surface area contributed by atoms with Crippen molar-refractivity contribution in [3.8, 4) is 0 Å². The largest absolute Gasteiger partial charge is 2.00 e. The Morgan fingerprint density at radius 1 is 0.449 bits per heavy atom. The molecule has 1 rings (SSSR count). The number of hydrogen-bond donors (Lipinski definition) is 0. The summed E-state index contributed by atoms with van der Waals surface area (Å²) in [6.45, 7) is 8.17. The van der Waals surface area contributed by atoms with Crippen LogP contribution in [0.1, 0.15) is 225 Å². The molecule has 1 aromatic rings. The molecule has 0 N–H and O–H groups in total. The number of aliphatic carboxylic acids is 2. The Morgan fingerprint density at radius 3 is 0.857 bits per heavy atom. The second kappa shape index (κ2) is 46.7. The number of carboxylic acids is 2. The fraction of sp³-hybridized carbons (Fsp3) is 0.773. The Kier molecular flexibility index (Phi) is 49.6. The summed E-state index contributed by atoms with van der Waals surface area (Å²) in [5.41, 5.74) is 1.17. The quantitative estimate of drug-likeness (QED) is 0.0541. The molecule has 49 heavy (non-hydrogen) atoms. The molecule has 0 aliphatic carbocycles. The average molecular weight is 695 g/mol. The first-order chi connectivity index (χ1) is 23.5. The molecular weight excluding hydrogens is 617 g/mol. The van der Waals surface area contributed by atoms with E-state index in [1.165, 1.54) is 173 Å². The molecule has 0 radical (unpaired) electrons. The molecule has 0 aliphatic rings. The standard InChI is InChI=1S/2C18H36O2.C8H8.Mg/c2*1-2-3-4-5-6-7-8-9-10-11-12-13-14-15-16-17-18(19)20;1-2-8-6-4-3-5-7-8;/h2*2-17H2,1H3,(H,19,20);2-7H,1H2;/q;;;+2/p-2. The van der Waals surface area contributed by atoms with Gasteiger partial charge in [-0.05, 0) is 31.2 Å². The van der Waals surface area contributed by atoms with Gasteiger partial charge in [-0.25, -0.2) is 0 Å². The van der Waals surface area contributed by atoms with E-state index >= 15 is 0 Å². The molecule has 5 heteroatoms. The van der Waals surface area contributed by atoms with Crippen molar-refractivity contribution in [1.82, 2.24) is 0 Å². The van der Waals surface area contributed by atoms with Gasteiger partial charge in [0.05, 0.1) is 0 Å². The Labute approximate surface area is 321 Å². The number of carboxylic acid groups (broad SMARTS) is 2. The Morgan fingerprint density at radius 2 is 0.673 bits per heavy atom. The zero-order chi connectivity index (χ0) is 35.6. The fourth-order valence-electron chi connectivity index (χ4n) is 5.87. The second-order valence-corrected chi connectivity index (χ2v) is 13.8. The fourth-order valence-corrected chi connectivity index (χ4v) is 5.87. The van der Waals surface area contributed by atoms with E-state index in [0.29, 0.717) is 0 Å². The van der Waals surface area contributed by atoms with Gasteiger partial charge < -0.3 is 19.8 Å². The normalized spacial score (nSPS) is 10.2. The average Bonchev–Trinajstić information content (AvgIpc) is 3.09. The first-order valence-corrected chi connectivity index (χ1v) is 20.5. The van der Waals surface area contributed by atoms with Gasteiger partial charge in [0, 0.05) is 11.9 Å². The molecule has 0 unspecified atom stereocenters. The summed E-state index contributed by atoms with van der Waals surface area (Å²) in [5, 5.41) is 20.4. The van der Waals surface area contributed by atoms with Gasteiger partial charge in [-0.15, -0.1) is 0 Å². The summed E-state index contributed by atoms with van der Waals surface area (Å²) in [6.07, 6.45) is 41.5. The zero-order valence-electron chi connectivity index (χ0n) is 32.6. The molecular formula is C44H78MgO4. The van der Waals surface area contributed by atoms with Crippen molar-refractivity contribution in [2.45, 2.75) is 219 Å². The molecule has 0 aromatic heterocycles. The zero-order valence-corrected chi connectivity index (χ0v) is 34.1. The van der Waals surface area contributed by atoms with Crippen LogP contribution in [0.15, 0.2) is 36.9 Å². The molecule has 0 atom stereocenters. The Bertz CT molecular complexity index is 738. The minimum atomic E-state index is -0.903. The summed E-state index contributed by atoms with van der Waals surface area (Å²) < 4.78 is 0. The first kappa shape index (κ1) is 52.0. The number of carbonyl (C=O) groups is 2. The van der Waals surface area contributed by atoms with Crippen molar-refractivity contribution in [2.75, 3.05) is 0 Å². The number of benzene rings is 1. The van der Waals surface area contributed by atoms with E-state index in [1.54, 1.807) is 0 Å². The van der Waals surface area contributed by atoms with Crippen molar-refractivity contribution < 1.29 is 19.8 Å². The maximum atomic E-state index is 10.2. The van der Waals surface area contributed by atoms with Crippen LogP contribution in [0.2, 0.25) is 0 Å². The number of carbonyl (C=O) groups excluding carboxylic acids is 2. The number of unbranched alkanes of at least 4 members (excludes halogenated alkanes) is 28. The summed E-state index contributed by atoms with van der Waals surface area (Å²) >= 11 is 0. The maximum absolute atomic E-state index is 10.2. The van der Waals surface area contributed by atoms with Crippen molar-refractivity contribution in [2.24, 2.45) is 0 Å². The molecule has 0 amide bonds. The van der Waals surface area contributed by atoms with Crippen LogP contribution in [0, 0.1) is 0 Å². The van der Waals surface area contributed by atoms with Crippen LogP contribution >= 0.6 is 0 Å². The first-order valence-electron chi connectivity index (χ1n) is 20.5. The molecule has 0 bridgehead atoms. The topological polar surface area (TPSA) is 80.3 Å². The van der Waals surface area contributed by atoms with E-state index in [4.69, 9.17) is 0 Å². The van der Waals surface area contributed by atoms with E-state index < -0.39 is 11.9 Å². The van der Waals surface area contributed by atoms with Crippen molar-refractivity contribution in [3.63, 3.8) is 0 Å². The minimum absolute atomic E-state index is 0. The van der Waals surface area contributed by atoms with Gasteiger partial charge in [-0.1, -0.05) is 237 Å². The summed E-state index contributed by atoms with van der Waals surface area (Å²) in [6, 6.07) is 10.0. The third kappa shape index (κ3) is 51.1. The van der Waals surface area contributed by atoms with E-state index in [2.05, 4.69) is 20.4 Å². The van der Waals surface area contributed by atoms with Crippen molar-refractivity contribution in [3.05, 3.63) is 42.5 Å². The molecule has 1 aromatic carbocycles. The molecule has 0 fully saturated rings. The molecule has 0 heterocycles. The van der Waals surface area contributed by atoms with Crippen LogP contribution in [0.3, 0.4) is 0 Å². The second-order valence-electron chi connectivity index (χ2n) is 13.8. The molecule has 0 saturated heterocycles.